The van der Waals surface area contributed by atoms with Gasteiger partial charge in [-0.15, -0.1) is 0 Å². The van der Waals surface area contributed by atoms with Crippen LogP contribution in [0.3, 0.4) is 0 Å². The van der Waals surface area contributed by atoms with E-state index in [4.69, 9.17) is 10.2 Å². The second-order valence-corrected chi connectivity index (χ2v) is 4.40. The molecule has 19 heavy (non-hydrogen) atoms. The molecule has 1 aromatic rings. The number of likely N-dealkylation sites (tertiary alicyclic amines) is 1. The Morgan fingerprint density at radius 2 is 1.89 bits per heavy atom. The lowest BCUT2D eigenvalue weighted by Crippen LogP contribution is -2.40. The topological polar surface area (TPSA) is 118 Å². The molecule has 1 amide bonds. The predicted molar refractivity (Wildman–Crippen MR) is 62.9 cm³/mol. The number of aromatic hydroxyl groups is 2. The molecule has 1 saturated heterocycles. The van der Waals surface area contributed by atoms with Crippen LogP contribution in [0.2, 0.25) is 0 Å². The van der Waals surface area contributed by atoms with Crippen LogP contribution in [0, 0.1) is 0 Å². The molecule has 0 aromatic heterocycles. The quantitative estimate of drug-likeness (QED) is 0.549. The Morgan fingerprint density at radius 1 is 1.21 bits per heavy atom. The number of rotatable bonds is 2. The minimum Gasteiger partial charge on any atom is -0.504 e. The third-order valence-electron chi connectivity index (χ3n) is 3.05. The highest BCUT2D eigenvalue weighted by atomic mass is 16.4. The summed E-state index contributed by atoms with van der Waals surface area (Å²) < 4.78 is 0. The van der Waals surface area contributed by atoms with Gasteiger partial charge < -0.3 is 25.3 Å². The number of hydrogen-bond acceptors (Lipinski definition) is 5. The maximum Gasteiger partial charge on any atom is 0.326 e. The summed E-state index contributed by atoms with van der Waals surface area (Å²) >= 11 is 0. The lowest BCUT2D eigenvalue weighted by atomic mass is 10.1. The molecule has 2 rings (SSSR count). The van der Waals surface area contributed by atoms with E-state index in [2.05, 4.69) is 0 Å². The second kappa shape index (κ2) is 4.77. The molecule has 0 spiro atoms. The molecule has 0 aliphatic carbocycles. The number of carbonyl (C=O) groups excluding carboxylic acids is 1. The summed E-state index contributed by atoms with van der Waals surface area (Å²) in [6.07, 6.45) is -0.902. The van der Waals surface area contributed by atoms with Crippen molar-refractivity contribution in [1.29, 1.82) is 0 Å². The normalized spacial score (nSPS) is 22.5. The molecule has 0 radical (unpaired) electrons. The van der Waals surface area contributed by atoms with Gasteiger partial charge in [-0.2, -0.15) is 0 Å². The van der Waals surface area contributed by atoms with Crippen LogP contribution in [0.5, 0.6) is 11.5 Å². The Labute approximate surface area is 108 Å². The van der Waals surface area contributed by atoms with Gasteiger partial charge in [-0.3, -0.25) is 4.79 Å². The smallest absolute Gasteiger partial charge is 0.326 e. The molecule has 0 saturated carbocycles. The van der Waals surface area contributed by atoms with Gasteiger partial charge >= 0.3 is 5.97 Å². The molecule has 1 aromatic carbocycles. The third-order valence-corrected chi connectivity index (χ3v) is 3.05. The van der Waals surface area contributed by atoms with Crippen LogP contribution < -0.4 is 0 Å². The van der Waals surface area contributed by atoms with Crippen LogP contribution in [-0.2, 0) is 4.79 Å². The van der Waals surface area contributed by atoms with Gasteiger partial charge in [0.15, 0.2) is 11.5 Å². The highest BCUT2D eigenvalue weighted by Crippen LogP contribution is 2.27. The van der Waals surface area contributed by atoms with Gasteiger partial charge in [0, 0.05) is 18.5 Å². The first kappa shape index (κ1) is 13.2. The number of aliphatic hydroxyl groups excluding tert-OH is 1. The first-order chi connectivity index (χ1) is 8.90. The van der Waals surface area contributed by atoms with Crippen LogP contribution in [0.1, 0.15) is 16.8 Å². The van der Waals surface area contributed by atoms with Crippen molar-refractivity contribution in [2.45, 2.75) is 18.6 Å². The summed E-state index contributed by atoms with van der Waals surface area (Å²) in [7, 11) is 0. The maximum atomic E-state index is 12.1. The average molecular weight is 267 g/mol. The lowest BCUT2D eigenvalue weighted by molar-refractivity contribution is -0.141. The lowest BCUT2D eigenvalue weighted by Gasteiger charge is -2.21. The number of β-amino-alcohol motifs (C(OH)–C–C–N with tert-alkyl or cyclic N) is 1. The van der Waals surface area contributed by atoms with E-state index in [1.165, 1.54) is 6.07 Å². The number of aliphatic hydroxyl groups is 1. The van der Waals surface area contributed by atoms with E-state index in [0.717, 1.165) is 17.0 Å². The molecule has 7 heteroatoms. The monoisotopic (exact) mass is 267 g/mol. The first-order valence-corrected chi connectivity index (χ1v) is 5.64. The van der Waals surface area contributed by atoms with Crippen LogP contribution >= 0.6 is 0 Å². The van der Waals surface area contributed by atoms with Crippen molar-refractivity contribution >= 4 is 11.9 Å². The van der Waals surface area contributed by atoms with Crippen LogP contribution in [-0.4, -0.2) is 55.9 Å². The van der Waals surface area contributed by atoms with Crippen molar-refractivity contribution in [3.05, 3.63) is 23.8 Å². The number of carbonyl (C=O) groups is 2. The Kier molecular flexibility index (Phi) is 3.30. The van der Waals surface area contributed by atoms with Gasteiger partial charge in [-0.25, -0.2) is 4.79 Å². The molecule has 4 N–H and O–H groups in total. The Bertz CT molecular complexity index is 529. The first-order valence-electron chi connectivity index (χ1n) is 5.64. The van der Waals surface area contributed by atoms with E-state index in [0.29, 0.717) is 0 Å². The minimum atomic E-state index is -1.19. The van der Waals surface area contributed by atoms with E-state index >= 15 is 0 Å². The number of benzene rings is 1. The summed E-state index contributed by atoms with van der Waals surface area (Å²) in [5, 5.41) is 37.0. The molecule has 2 unspecified atom stereocenters. The van der Waals surface area contributed by atoms with Crippen LogP contribution in [0.4, 0.5) is 0 Å². The fraction of sp³-hybridized carbons (Fsp3) is 0.333. The Balaban J connectivity index is 2.27. The van der Waals surface area contributed by atoms with Gasteiger partial charge in [0.25, 0.3) is 5.91 Å². The molecule has 1 fully saturated rings. The van der Waals surface area contributed by atoms with E-state index in [1.54, 1.807) is 0 Å². The Hall–Kier alpha value is -2.28. The third kappa shape index (κ3) is 2.45. The summed E-state index contributed by atoms with van der Waals surface area (Å²) in [6.45, 7) is -0.0720. The zero-order valence-electron chi connectivity index (χ0n) is 9.85. The summed E-state index contributed by atoms with van der Waals surface area (Å²) in [5.74, 6) is -2.63. The minimum absolute atomic E-state index is 0.0227. The Morgan fingerprint density at radius 3 is 2.47 bits per heavy atom. The second-order valence-electron chi connectivity index (χ2n) is 4.40. The van der Waals surface area contributed by atoms with E-state index in [1.807, 2.05) is 0 Å². The highest BCUT2D eigenvalue weighted by Gasteiger charge is 2.39. The molecular weight excluding hydrogens is 254 g/mol. The van der Waals surface area contributed by atoms with Crippen molar-refractivity contribution in [2.24, 2.45) is 0 Å². The standard InChI is InChI=1S/C12H13NO6/c14-7-4-8(12(18)19)13(5-7)11(17)6-1-2-9(15)10(16)3-6/h1-3,7-8,14-16H,4-5H2,(H,18,19). The van der Waals surface area contributed by atoms with Crippen molar-refractivity contribution in [3.8, 4) is 11.5 Å². The summed E-state index contributed by atoms with van der Waals surface area (Å²) in [5.41, 5.74) is 0.0515. The van der Waals surface area contributed by atoms with Gasteiger partial charge in [-0.1, -0.05) is 0 Å². The summed E-state index contributed by atoms with van der Waals surface area (Å²) in [4.78, 5) is 24.2. The molecule has 7 nitrogen and oxygen atoms in total. The maximum absolute atomic E-state index is 12.1. The molecular formula is C12H13NO6. The average Bonchev–Trinajstić information content (AvgIpc) is 2.74. The summed E-state index contributed by atoms with van der Waals surface area (Å²) in [6, 6.07) is 2.39. The van der Waals surface area contributed by atoms with Gasteiger partial charge in [0.1, 0.15) is 6.04 Å². The molecule has 1 aliphatic heterocycles. The number of carboxylic acid groups (broad SMARTS) is 1. The van der Waals surface area contributed by atoms with Crippen molar-refractivity contribution < 1.29 is 30.0 Å². The number of amides is 1. The fourth-order valence-electron chi connectivity index (χ4n) is 2.09. The van der Waals surface area contributed by atoms with Gasteiger partial charge in [0.05, 0.1) is 6.10 Å². The number of aliphatic carboxylic acids is 1. The number of hydrogen-bond donors (Lipinski definition) is 4. The van der Waals surface area contributed by atoms with Crippen molar-refractivity contribution in [3.63, 3.8) is 0 Å². The van der Waals surface area contributed by atoms with Crippen LogP contribution in [0.15, 0.2) is 18.2 Å². The molecule has 1 heterocycles. The molecule has 102 valence electrons. The van der Waals surface area contributed by atoms with E-state index < -0.39 is 29.8 Å². The van der Waals surface area contributed by atoms with Crippen molar-refractivity contribution in [2.75, 3.05) is 6.54 Å². The number of nitrogens with zero attached hydrogens (tertiary/aromatic N) is 1. The van der Waals surface area contributed by atoms with Crippen LogP contribution in [0.25, 0.3) is 0 Å². The van der Waals surface area contributed by atoms with Gasteiger partial charge in [-0.05, 0) is 18.2 Å². The van der Waals surface area contributed by atoms with Gasteiger partial charge in [0.2, 0.25) is 0 Å². The number of phenolic OH excluding ortho intramolecular Hbond substituents is 2. The van der Waals surface area contributed by atoms with E-state index in [9.17, 15) is 19.8 Å². The highest BCUT2D eigenvalue weighted by molar-refractivity contribution is 5.97. The number of phenols is 2. The SMILES string of the molecule is O=C(O)C1CC(O)CN1C(=O)c1ccc(O)c(O)c1. The molecule has 0 bridgehead atoms. The number of carboxylic acids is 1. The molecule has 1 aliphatic rings. The largest absolute Gasteiger partial charge is 0.504 e. The van der Waals surface area contributed by atoms with E-state index in [-0.39, 0.29) is 24.3 Å². The zero-order valence-corrected chi connectivity index (χ0v) is 9.85. The van der Waals surface area contributed by atoms with Crippen molar-refractivity contribution in [1.82, 2.24) is 4.90 Å². The predicted octanol–water partition coefficient (Wildman–Crippen LogP) is -0.242. The fourth-order valence-corrected chi connectivity index (χ4v) is 2.09. The zero-order chi connectivity index (χ0) is 14.2. The molecule has 2 atom stereocenters.